The molecule has 140 valence electrons. The van der Waals surface area contributed by atoms with Crippen LogP contribution in [0.15, 0.2) is 48.7 Å². The lowest BCUT2D eigenvalue weighted by Crippen LogP contribution is -2.25. The van der Waals surface area contributed by atoms with Crippen molar-refractivity contribution in [2.24, 2.45) is 0 Å². The van der Waals surface area contributed by atoms with E-state index in [0.717, 1.165) is 28.4 Å². The van der Waals surface area contributed by atoms with Crippen LogP contribution in [0.3, 0.4) is 0 Å². The molecule has 0 aliphatic rings. The second-order valence-electron chi connectivity index (χ2n) is 6.26. The van der Waals surface area contributed by atoms with Crippen LogP contribution in [0.25, 0.3) is 10.8 Å². The smallest absolute Gasteiger partial charge is 0.253 e. The number of amides is 1. The van der Waals surface area contributed by atoms with Gasteiger partial charge >= 0.3 is 0 Å². The largest absolute Gasteiger partial charge is 0.385 e. The quantitative estimate of drug-likeness (QED) is 0.580. The highest BCUT2D eigenvalue weighted by atomic mass is 35.5. The van der Waals surface area contributed by atoms with E-state index in [2.05, 4.69) is 15.6 Å². The van der Waals surface area contributed by atoms with Crippen molar-refractivity contribution in [1.29, 1.82) is 0 Å². The van der Waals surface area contributed by atoms with Gasteiger partial charge in [-0.25, -0.2) is 4.98 Å². The number of benzene rings is 2. The minimum atomic E-state index is -0.139. The first-order valence-corrected chi connectivity index (χ1v) is 9.16. The Morgan fingerprint density at radius 1 is 1.19 bits per heavy atom. The van der Waals surface area contributed by atoms with Crippen molar-refractivity contribution in [3.05, 3.63) is 64.8 Å². The molecular weight excluding hydrogens is 362 g/mol. The number of carbonyl (C=O) groups excluding carboxylic acids is 1. The topological polar surface area (TPSA) is 63.2 Å². The summed E-state index contributed by atoms with van der Waals surface area (Å²) in [6.07, 6.45) is 2.37. The molecule has 0 atom stereocenters. The summed E-state index contributed by atoms with van der Waals surface area (Å²) in [5.41, 5.74) is 2.41. The number of nitrogens with zero attached hydrogens (tertiary/aromatic N) is 1. The number of aromatic nitrogens is 1. The zero-order valence-corrected chi connectivity index (χ0v) is 16.1. The molecule has 5 nitrogen and oxygen atoms in total. The van der Waals surface area contributed by atoms with Crippen LogP contribution in [0.5, 0.6) is 0 Å². The molecule has 1 amide bonds. The first kappa shape index (κ1) is 19.1. The van der Waals surface area contributed by atoms with Crippen LogP contribution < -0.4 is 10.6 Å². The van der Waals surface area contributed by atoms with Crippen LogP contribution >= 0.6 is 11.6 Å². The lowest BCUT2D eigenvalue weighted by atomic mass is 10.1. The number of methoxy groups -OCH3 is 1. The highest BCUT2D eigenvalue weighted by Gasteiger charge is 2.13. The lowest BCUT2D eigenvalue weighted by molar-refractivity contribution is 0.0950. The van der Waals surface area contributed by atoms with Crippen molar-refractivity contribution in [3.8, 4) is 0 Å². The molecule has 1 heterocycles. The fraction of sp³-hybridized carbons (Fsp3) is 0.238. The van der Waals surface area contributed by atoms with E-state index in [1.807, 2.05) is 49.4 Å². The molecule has 3 aromatic rings. The average Bonchev–Trinajstić information content (AvgIpc) is 2.68. The van der Waals surface area contributed by atoms with E-state index in [4.69, 9.17) is 16.3 Å². The second kappa shape index (κ2) is 8.84. The maximum Gasteiger partial charge on any atom is 0.253 e. The summed E-state index contributed by atoms with van der Waals surface area (Å²) in [4.78, 5) is 17.0. The van der Waals surface area contributed by atoms with Crippen molar-refractivity contribution in [1.82, 2.24) is 10.3 Å². The number of ether oxygens (including phenoxy) is 1. The Kier molecular flexibility index (Phi) is 6.27. The fourth-order valence-electron chi connectivity index (χ4n) is 2.79. The predicted molar refractivity (Wildman–Crippen MR) is 110 cm³/mol. The lowest BCUT2D eigenvalue weighted by Gasteiger charge is -2.13. The predicted octanol–water partition coefficient (Wildman–Crippen LogP) is 4.71. The summed E-state index contributed by atoms with van der Waals surface area (Å²) in [7, 11) is 1.65. The van der Waals surface area contributed by atoms with E-state index in [0.29, 0.717) is 29.6 Å². The van der Waals surface area contributed by atoms with Gasteiger partial charge in [-0.3, -0.25) is 4.79 Å². The molecule has 0 unspecified atom stereocenters. The van der Waals surface area contributed by atoms with Gasteiger partial charge < -0.3 is 15.4 Å². The SMILES string of the molecule is COCCCNC(=O)c1cnc(Nc2ccc(C)c(Cl)c2)c2ccccc12. The number of aryl methyl sites for hydroxylation is 1. The number of halogens is 1. The summed E-state index contributed by atoms with van der Waals surface area (Å²) >= 11 is 6.21. The van der Waals surface area contributed by atoms with Crippen molar-refractivity contribution in [3.63, 3.8) is 0 Å². The highest BCUT2D eigenvalue weighted by Crippen LogP contribution is 2.28. The van der Waals surface area contributed by atoms with Gasteiger partial charge in [-0.1, -0.05) is 41.9 Å². The third-order valence-corrected chi connectivity index (χ3v) is 4.69. The molecule has 0 aliphatic heterocycles. The fourth-order valence-corrected chi connectivity index (χ4v) is 2.97. The van der Waals surface area contributed by atoms with Gasteiger partial charge in [0.15, 0.2) is 0 Å². The van der Waals surface area contributed by atoms with Crippen molar-refractivity contribution >= 4 is 39.8 Å². The molecule has 6 heteroatoms. The maximum absolute atomic E-state index is 12.5. The van der Waals surface area contributed by atoms with E-state index in [1.54, 1.807) is 13.3 Å². The third-order valence-electron chi connectivity index (χ3n) is 4.29. The molecule has 0 aliphatic carbocycles. The zero-order valence-electron chi connectivity index (χ0n) is 15.4. The van der Waals surface area contributed by atoms with Gasteiger partial charge in [-0.2, -0.15) is 0 Å². The first-order chi connectivity index (χ1) is 13.1. The Labute approximate surface area is 163 Å². The van der Waals surface area contributed by atoms with Crippen LogP contribution in [0.1, 0.15) is 22.3 Å². The molecule has 0 saturated carbocycles. The van der Waals surface area contributed by atoms with Crippen molar-refractivity contribution in [2.75, 3.05) is 25.6 Å². The minimum Gasteiger partial charge on any atom is -0.385 e. The van der Waals surface area contributed by atoms with Crippen LogP contribution in [0.2, 0.25) is 5.02 Å². The monoisotopic (exact) mass is 383 g/mol. The molecule has 0 fully saturated rings. The molecular formula is C21H22ClN3O2. The molecule has 27 heavy (non-hydrogen) atoms. The van der Waals surface area contributed by atoms with E-state index in [-0.39, 0.29) is 5.91 Å². The van der Waals surface area contributed by atoms with Gasteiger partial charge in [0.2, 0.25) is 0 Å². The van der Waals surface area contributed by atoms with E-state index < -0.39 is 0 Å². The third kappa shape index (κ3) is 4.56. The average molecular weight is 384 g/mol. The molecule has 0 bridgehead atoms. The Bertz CT molecular complexity index is 959. The van der Waals surface area contributed by atoms with Gasteiger partial charge in [0.25, 0.3) is 5.91 Å². The number of hydrogen-bond acceptors (Lipinski definition) is 4. The minimum absolute atomic E-state index is 0.139. The van der Waals surface area contributed by atoms with E-state index in [9.17, 15) is 4.79 Å². The van der Waals surface area contributed by atoms with Crippen LogP contribution in [0, 0.1) is 6.92 Å². The Morgan fingerprint density at radius 3 is 2.70 bits per heavy atom. The van der Waals surface area contributed by atoms with Gasteiger partial charge in [0.1, 0.15) is 5.82 Å². The Morgan fingerprint density at radius 2 is 1.96 bits per heavy atom. The Balaban J connectivity index is 1.88. The van der Waals surface area contributed by atoms with Crippen LogP contribution in [-0.4, -0.2) is 31.2 Å². The molecule has 0 saturated heterocycles. The molecule has 1 aromatic heterocycles. The first-order valence-electron chi connectivity index (χ1n) is 8.78. The van der Waals surface area contributed by atoms with E-state index >= 15 is 0 Å². The second-order valence-corrected chi connectivity index (χ2v) is 6.66. The normalized spacial score (nSPS) is 10.8. The molecule has 2 aromatic carbocycles. The summed E-state index contributed by atoms with van der Waals surface area (Å²) < 4.78 is 5.01. The maximum atomic E-state index is 12.5. The summed E-state index contributed by atoms with van der Waals surface area (Å²) in [5, 5.41) is 8.62. The summed E-state index contributed by atoms with van der Waals surface area (Å²) in [5.74, 6) is 0.543. The number of nitrogens with one attached hydrogen (secondary N) is 2. The van der Waals surface area contributed by atoms with Crippen LogP contribution in [-0.2, 0) is 4.74 Å². The van der Waals surface area contributed by atoms with E-state index in [1.165, 1.54) is 0 Å². The van der Waals surface area contributed by atoms with Gasteiger partial charge in [-0.05, 0) is 36.4 Å². The molecule has 0 radical (unpaired) electrons. The number of anilines is 2. The van der Waals surface area contributed by atoms with Gasteiger partial charge in [-0.15, -0.1) is 0 Å². The number of carbonyl (C=O) groups is 1. The Hall–Kier alpha value is -2.63. The van der Waals surface area contributed by atoms with Crippen molar-refractivity contribution < 1.29 is 9.53 Å². The summed E-state index contributed by atoms with van der Waals surface area (Å²) in [6.45, 7) is 3.13. The standard InChI is InChI=1S/C21H22ClN3O2/c1-14-8-9-15(12-19(14)22)25-20-17-7-4-3-6-16(17)18(13-24-20)21(26)23-10-5-11-27-2/h3-4,6-9,12-13H,5,10-11H2,1-2H3,(H,23,26)(H,24,25). The molecule has 2 N–H and O–H groups in total. The molecule has 3 rings (SSSR count). The van der Waals surface area contributed by atoms with Gasteiger partial charge in [0.05, 0.1) is 5.56 Å². The molecule has 0 spiro atoms. The number of pyridine rings is 1. The highest BCUT2D eigenvalue weighted by molar-refractivity contribution is 6.31. The van der Waals surface area contributed by atoms with Crippen LogP contribution in [0.4, 0.5) is 11.5 Å². The van der Waals surface area contributed by atoms with Crippen molar-refractivity contribution in [2.45, 2.75) is 13.3 Å². The zero-order chi connectivity index (χ0) is 19.2. The number of rotatable bonds is 7. The summed E-state index contributed by atoms with van der Waals surface area (Å²) in [6, 6.07) is 13.5. The number of fused-ring (bicyclic) bond motifs is 1. The van der Waals surface area contributed by atoms with Gasteiger partial charge in [0, 0.05) is 42.6 Å². The number of hydrogen-bond donors (Lipinski definition) is 2.